The van der Waals surface area contributed by atoms with E-state index in [9.17, 15) is 15.0 Å². The van der Waals surface area contributed by atoms with Crippen molar-refractivity contribution in [2.45, 2.75) is 37.1 Å². The van der Waals surface area contributed by atoms with Gasteiger partial charge in [-0.3, -0.25) is 4.79 Å². The average molecular weight is 441 g/mol. The van der Waals surface area contributed by atoms with Crippen molar-refractivity contribution in [3.8, 4) is 5.75 Å². The van der Waals surface area contributed by atoms with Gasteiger partial charge >= 0.3 is 0 Å². The van der Waals surface area contributed by atoms with Crippen LogP contribution >= 0.6 is 0 Å². The lowest BCUT2D eigenvalue weighted by Crippen LogP contribution is -2.43. The van der Waals surface area contributed by atoms with Crippen LogP contribution in [0.15, 0.2) is 36.9 Å². The molecule has 2 aromatic heterocycles. The molecular formula is C21H27N7O4. The number of fused-ring (bicyclic) bond motifs is 1. The maximum atomic E-state index is 12.7. The van der Waals surface area contributed by atoms with Crippen LogP contribution in [0.25, 0.3) is 11.2 Å². The van der Waals surface area contributed by atoms with Crippen LogP contribution in [0.1, 0.15) is 29.2 Å². The van der Waals surface area contributed by atoms with Crippen molar-refractivity contribution in [2.75, 3.05) is 25.5 Å². The summed E-state index contributed by atoms with van der Waals surface area (Å²) < 4.78 is 7.26. The van der Waals surface area contributed by atoms with Gasteiger partial charge in [0.05, 0.1) is 25.0 Å². The van der Waals surface area contributed by atoms with Crippen molar-refractivity contribution in [1.29, 1.82) is 0 Å². The van der Waals surface area contributed by atoms with Crippen molar-refractivity contribution in [2.24, 2.45) is 5.73 Å². The van der Waals surface area contributed by atoms with Gasteiger partial charge in [0, 0.05) is 12.6 Å². The Hall–Kier alpha value is -3.28. The summed E-state index contributed by atoms with van der Waals surface area (Å²) in [5.41, 5.74) is 6.99. The van der Waals surface area contributed by atoms with Crippen molar-refractivity contribution < 1.29 is 19.7 Å². The Morgan fingerprint density at radius 2 is 2.00 bits per heavy atom. The number of carbonyl (C=O) groups is 1. The first-order chi connectivity index (χ1) is 15.5. The molecule has 1 amide bonds. The molecule has 0 radical (unpaired) electrons. The molecule has 4 atom stereocenters. The molecule has 1 aromatic carbocycles. The van der Waals surface area contributed by atoms with E-state index >= 15 is 0 Å². The van der Waals surface area contributed by atoms with Gasteiger partial charge < -0.3 is 35.9 Å². The molecule has 32 heavy (non-hydrogen) atoms. The number of rotatable bonds is 8. The highest BCUT2D eigenvalue weighted by Gasteiger charge is 2.43. The fourth-order valence-corrected chi connectivity index (χ4v) is 3.93. The van der Waals surface area contributed by atoms with Crippen LogP contribution in [0.3, 0.4) is 0 Å². The smallest absolute Gasteiger partial charge is 0.251 e. The highest BCUT2D eigenvalue weighted by Crippen LogP contribution is 2.33. The molecule has 1 fully saturated rings. The van der Waals surface area contributed by atoms with Crippen LogP contribution in [-0.4, -0.2) is 74.1 Å². The third-order valence-electron chi connectivity index (χ3n) is 5.65. The van der Waals surface area contributed by atoms with E-state index in [0.717, 1.165) is 6.42 Å². The highest BCUT2D eigenvalue weighted by atomic mass is 16.5. The molecule has 1 saturated carbocycles. The van der Waals surface area contributed by atoms with E-state index in [0.29, 0.717) is 47.9 Å². The molecule has 4 rings (SSSR count). The molecule has 0 aliphatic heterocycles. The minimum atomic E-state index is -1.13. The normalized spacial score (nSPS) is 22.8. The van der Waals surface area contributed by atoms with Gasteiger partial charge in [-0.2, -0.15) is 0 Å². The first-order valence-electron chi connectivity index (χ1n) is 10.5. The number of hydrogen-bond donors (Lipinski definition) is 5. The van der Waals surface area contributed by atoms with Gasteiger partial charge in [0.1, 0.15) is 29.8 Å². The fourth-order valence-electron chi connectivity index (χ4n) is 3.93. The number of amides is 1. The number of carbonyl (C=O) groups excluding carboxylic acids is 1. The largest absolute Gasteiger partial charge is 0.494 e. The summed E-state index contributed by atoms with van der Waals surface area (Å²) in [6.45, 7) is 1.06. The molecule has 170 valence electrons. The van der Waals surface area contributed by atoms with Gasteiger partial charge in [-0.25, -0.2) is 15.0 Å². The summed E-state index contributed by atoms with van der Waals surface area (Å²) in [7, 11) is 1.74. The number of ether oxygens (including phenoxy) is 1. The van der Waals surface area contributed by atoms with Gasteiger partial charge in [-0.1, -0.05) is 0 Å². The van der Waals surface area contributed by atoms with Gasteiger partial charge in [-0.15, -0.1) is 0 Å². The van der Waals surface area contributed by atoms with Crippen LogP contribution in [0.4, 0.5) is 5.82 Å². The maximum Gasteiger partial charge on any atom is 0.251 e. The predicted molar refractivity (Wildman–Crippen MR) is 117 cm³/mol. The molecule has 11 heteroatoms. The SMILES string of the molecule is CNc1ncnc2c1ncn2[C@@H]1C[C@H](NC(=O)c2ccc(OCCCN)cc2)[C@H](O)[C@@H]1O. The predicted octanol–water partition coefficient (Wildman–Crippen LogP) is 0.0608. The van der Waals surface area contributed by atoms with Gasteiger partial charge in [0.25, 0.3) is 5.91 Å². The number of nitrogens with two attached hydrogens (primary N) is 1. The lowest BCUT2D eigenvalue weighted by molar-refractivity contribution is 0.0143. The topological polar surface area (TPSA) is 160 Å². The van der Waals surface area contributed by atoms with E-state index in [-0.39, 0.29) is 5.91 Å². The molecule has 0 unspecified atom stereocenters. The van der Waals surface area contributed by atoms with E-state index in [1.807, 2.05) is 0 Å². The zero-order valence-corrected chi connectivity index (χ0v) is 17.7. The Labute approximate surface area is 184 Å². The minimum Gasteiger partial charge on any atom is -0.494 e. The maximum absolute atomic E-state index is 12.7. The van der Waals surface area contributed by atoms with Crippen LogP contribution in [-0.2, 0) is 0 Å². The van der Waals surface area contributed by atoms with E-state index < -0.39 is 24.3 Å². The first kappa shape index (κ1) is 21.9. The number of nitrogens with zero attached hydrogens (tertiary/aromatic N) is 4. The molecule has 2 heterocycles. The molecule has 1 aliphatic carbocycles. The Balaban J connectivity index is 1.45. The van der Waals surface area contributed by atoms with E-state index in [1.165, 1.54) is 6.33 Å². The molecular weight excluding hydrogens is 414 g/mol. The molecule has 0 bridgehead atoms. The summed E-state index contributed by atoms with van der Waals surface area (Å²) >= 11 is 0. The lowest BCUT2D eigenvalue weighted by Gasteiger charge is -2.18. The monoisotopic (exact) mass is 441 g/mol. The van der Waals surface area contributed by atoms with Gasteiger partial charge in [0.15, 0.2) is 11.5 Å². The Morgan fingerprint density at radius 3 is 2.72 bits per heavy atom. The number of benzene rings is 1. The number of aliphatic hydroxyl groups is 2. The van der Waals surface area contributed by atoms with Crippen molar-refractivity contribution >= 4 is 22.9 Å². The second-order valence-electron chi connectivity index (χ2n) is 7.68. The van der Waals surface area contributed by atoms with Gasteiger partial charge in [-0.05, 0) is 43.7 Å². The Morgan fingerprint density at radius 1 is 1.22 bits per heavy atom. The number of aliphatic hydroxyl groups excluding tert-OH is 2. The highest BCUT2D eigenvalue weighted by molar-refractivity contribution is 5.94. The minimum absolute atomic E-state index is 0.318. The van der Waals surface area contributed by atoms with E-state index in [2.05, 4.69) is 25.6 Å². The second kappa shape index (κ2) is 9.47. The first-order valence-corrected chi connectivity index (χ1v) is 10.5. The Kier molecular flexibility index (Phi) is 6.49. The Bertz CT molecular complexity index is 1070. The lowest BCUT2D eigenvalue weighted by atomic mass is 10.1. The second-order valence-corrected chi connectivity index (χ2v) is 7.68. The average Bonchev–Trinajstić information content (AvgIpc) is 3.36. The summed E-state index contributed by atoms with van der Waals surface area (Å²) in [5.74, 6) is 0.883. The fraction of sp³-hybridized carbons (Fsp3) is 0.429. The molecule has 11 nitrogen and oxygen atoms in total. The van der Waals surface area contributed by atoms with Crippen LogP contribution in [0.5, 0.6) is 5.75 Å². The van der Waals surface area contributed by atoms with Crippen LogP contribution in [0.2, 0.25) is 0 Å². The number of aromatic nitrogens is 4. The third kappa shape index (κ3) is 4.22. The molecule has 0 spiro atoms. The van der Waals surface area contributed by atoms with Crippen molar-refractivity contribution in [1.82, 2.24) is 24.8 Å². The zero-order valence-electron chi connectivity index (χ0n) is 17.7. The number of anilines is 1. The summed E-state index contributed by atoms with van der Waals surface area (Å²) in [6, 6.07) is 5.60. The number of hydrogen-bond acceptors (Lipinski definition) is 9. The van der Waals surface area contributed by atoms with E-state index in [1.54, 1.807) is 42.2 Å². The molecule has 6 N–H and O–H groups in total. The molecule has 1 aliphatic rings. The van der Waals surface area contributed by atoms with Crippen molar-refractivity contribution in [3.63, 3.8) is 0 Å². The summed E-state index contributed by atoms with van der Waals surface area (Å²) in [4.78, 5) is 25.4. The van der Waals surface area contributed by atoms with Crippen LogP contribution in [0, 0.1) is 0 Å². The number of nitrogens with one attached hydrogen (secondary N) is 2. The standard InChI is InChI=1S/C21H27N7O4/c1-23-19-16-20(25-10-24-19)28(11-26-16)15-9-14(17(29)18(15)30)27-21(31)12-3-5-13(6-4-12)32-8-2-7-22/h3-6,10-11,14-15,17-18,29-30H,2,7-9,22H2,1H3,(H,27,31)(H,23,24,25)/t14-,15+,17-,18+/m0/s1. The van der Waals surface area contributed by atoms with Gasteiger partial charge in [0.2, 0.25) is 0 Å². The zero-order chi connectivity index (χ0) is 22.7. The summed E-state index contributed by atoms with van der Waals surface area (Å²) in [5, 5.41) is 27.0. The summed E-state index contributed by atoms with van der Waals surface area (Å²) in [6.07, 6.45) is 1.81. The molecule has 3 aromatic rings. The number of imidazole rings is 1. The third-order valence-corrected chi connectivity index (χ3v) is 5.65. The van der Waals surface area contributed by atoms with Crippen molar-refractivity contribution in [3.05, 3.63) is 42.5 Å². The quantitative estimate of drug-likeness (QED) is 0.304. The molecule has 0 saturated heterocycles. The van der Waals surface area contributed by atoms with E-state index in [4.69, 9.17) is 10.5 Å². The van der Waals surface area contributed by atoms with Crippen LogP contribution < -0.4 is 21.1 Å².